The molecular formula is C20H30N2O3. The third-order valence-corrected chi connectivity index (χ3v) is 5.30. The average molecular weight is 346 g/mol. The Kier molecular flexibility index (Phi) is 6.32. The van der Waals surface area contributed by atoms with Crippen LogP contribution in [0.4, 0.5) is 0 Å². The van der Waals surface area contributed by atoms with Crippen molar-refractivity contribution in [1.82, 2.24) is 9.80 Å². The maximum Gasteiger partial charge on any atom is 0.225 e. The zero-order chi connectivity index (χ0) is 17.6. The maximum absolute atomic E-state index is 12.8. The molecule has 2 fully saturated rings. The molecule has 5 heteroatoms. The van der Waals surface area contributed by atoms with Crippen LogP contribution in [0, 0.1) is 5.92 Å². The van der Waals surface area contributed by atoms with Crippen LogP contribution in [0.15, 0.2) is 24.3 Å². The summed E-state index contributed by atoms with van der Waals surface area (Å²) in [6.45, 7) is 7.41. The summed E-state index contributed by atoms with van der Waals surface area (Å²) in [4.78, 5) is 17.4. The summed E-state index contributed by atoms with van der Waals surface area (Å²) in [5.74, 6) is 1.38. The van der Waals surface area contributed by atoms with Crippen molar-refractivity contribution >= 4 is 5.91 Å². The van der Waals surface area contributed by atoms with Crippen LogP contribution < -0.4 is 4.74 Å². The van der Waals surface area contributed by atoms with Crippen LogP contribution in [-0.4, -0.2) is 61.7 Å². The molecule has 0 N–H and O–H groups in total. The molecule has 0 aromatic heterocycles. The Labute approximate surface area is 150 Å². The molecule has 1 aromatic carbocycles. The summed E-state index contributed by atoms with van der Waals surface area (Å²) < 4.78 is 10.8. The van der Waals surface area contributed by atoms with Gasteiger partial charge in [0.2, 0.25) is 5.91 Å². The van der Waals surface area contributed by atoms with Gasteiger partial charge in [-0.15, -0.1) is 0 Å². The first kappa shape index (κ1) is 18.2. The largest absolute Gasteiger partial charge is 0.497 e. The Bertz CT molecular complexity index is 561. The molecule has 0 radical (unpaired) electrons. The van der Waals surface area contributed by atoms with Gasteiger partial charge in [-0.3, -0.25) is 9.69 Å². The van der Waals surface area contributed by atoms with E-state index in [2.05, 4.69) is 28.9 Å². The molecule has 1 amide bonds. The van der Waals surface area contributed by atoms with Crippen molar-refractivity contribution in [3.8, 4) is 5.75 Å². The van der Waals surface area contributed by atoms with Gasteiger partial charge in [0, 0.05) is 45.2 Å². The normalized spacial score (nSPS) is 25.4. The molecule has 0 aliphatic carbocycles. The van der Waals surface area contributed by atoms with Gasteiger partial charge in [-0.25, -0.2) is 0 Å². The van der Waals surface area contributed by atoms with Crippen LogP contribution in [0.5, 0.6) is 5.75 Å². The first-order chi connectivity index (χ1) is 12.2. The second kappa shape index (κ2) is 8.68. The second-order valence-corrected chi connectivity index (χ2v) is 7.21. The van der Waals surface area contributed by atoms with Crippen molar-refractivity contribution in [3.63, 3.8) is 0 Å². The number of benzene rings is 1. The molecule has 2 atom stereocenters. The molecule has 2 heterocycles. The van der Waals surface area contributed by atoms with Crippen molar-refractivity contribution in [2.24, 2.45) is 5.92 Å². The standard InChI is InChI=1S/C20H30N2O3/c1-16-14-18(8-13-25-16)20(23)22-10-3-9-21(11-12-22)15-17-4-6-19(24-2)7-5-17/h4-7,16,18H,3,8-15H2,1-2H3/t16-,18-/m1/s1. The number of hydrogen-bond acceptors (Lipinski definition) is 4. The minimum Gasteiger partial charge on any atom is -0.497 e. The number of ether oxygens (including phenoxy) is 2. The Morgan fingerprint density at radius 3 is 2.72 bits per heavy atom. The summed E-state index contributed by atoms with van der Waals surface area (Å²) in [6.07, 6.45) is 2.99. The Morgan fingerprint density at radius 2 is 2.00 bits per heavy atom. The monoisotopic (exact) mass is 346 g/mol. The van der Waals surface area contributed by atoms with Crippen molar-refractivity contribution in [2.45, 2.75) is 38.8 Å². The topological polar surface area (TPSA) is 42.0 Å². The molecule has 0 spiro atoms. The molecule has 2 aliphatic rings. The summed E-state index contributed by atoms with van der Waals surface area (Å²) in [5, 5.41) is 0. The molecule has 2 saturated heterocycles. The lowest BCUT2D eigenvalue weighted by Gasteiger charge is -2.31. The minimum absolute atomic E-state index is 0.150. The molecule has 3 rings (SSSR count). The Morgan fingerprint density at radius 1 is 1.20 bits per heavy atom. The van der Waals surface area contributed by atoms with Crippen LogP contribution in [-0.2, 0) is 16.1 Å². The van der Waals surface area contributed by atoms with Crippen molar-refractivity contribution in [1.29, 1.82) is 0 Å². The first-order valence-electron chi connectivity index (χ1n) is 9.41. The highest BCUT2D eigenvalue weighted by Crippen LogP contribution is 2.23. The van der Waals surface area contributed by atoms with Crippen molar-refractivity contribution in [3.05, 3.63) is 29.8 Å². The average Bonchev–Trinajstić information content (AvgIpc) is 2.87. The van der Waals surface area contributed by atoms with E-state index in [9.17, 15) is 4.79 Å². The van der Waals surface area contributed by atoms with E-state index in [-0.39, 0.29) is 12.0 Å². The maximum atomic E-state index is 12.8. The first-order valence-corrected chi connectivity index (χ1v) is 9.41. The van der Waals surface area contributed by atoms with Crippen LogP contribution in [0.1, 0.15) is 31.7 Å². The smallest absolute Gasteiger partial charge is 0.225 e. The van der Waals surface area contributed by atoms with Gasteiger partial charge in [-0.2, -0.15) is 0 Å². The van der Waals surface area contributed by atoms with Crippen molar-refractivity contribution < 1.29 is 14.3 Å². The zero-order valence-corrected chi connectivity index (χ0v) is 15.4. The lowest BCUT2D eigenvalue weighted by molar-refractivity contribution is -0.140. The highest BCUT2D eigenvalue weighted by atomic mass is 16.5. The van der Waals surface area contributed by atoms with Gasteiger partial charge in [0.1, 0.15) is 5.75 Å². The fourth-order valence-electron chi connectivity index (χ4n) is 3.82. The predicted octanol–water partition coefficient (Wildman–Crippen LogP) is 2.54. The SMILES string of the molecule is COc1ccc(CN2CCCN(C(=O)[C@@H]3CCO[C@H](C)C3)CC2)cc1. The predicted molar refractivity (Wildman–Crippen MR) is 97.6 cm³/mol. The van der Waals surface area contributed by atoms with Gasteiger partial charge in [0.25, 0.3) is 0 Å². The van der Waals surface area contributed by atoms with Crippen molar-refractivity contribution in [2.75, 3.05) is 39.9 Å². The number of rotatable bonds is 4. The third kappa shape index (κ3) is 4.95. The van der Waals surface area contributed by atoms with Crippen LogP contribution in [0.2, 0.25) is 0 Å². The number of amides is 1. The number of carbonyl (C=O) groups excluding carboxylic acids is 1. The number of methoxy groups -OCH3 is 1. The van der Waals surface area contributed by atoms with Crippen LogP contribution in [0.3, 0.4) is 0 Å². The van der Waals surface area contributed by atoms with Gasteiger partial charge in [-0.1, -0.05) is 12.1 Å². The fraction of sp³-hybridized carbons (Fsp3) is 0.650. The second-order valence-electron chi connectivity index (χ2n) is 7.21. The van der Waals surface area contributed by atoms with Gasteiger partial charge < -0.3 is 14.4 Å². The van der Waals surface area contributed by atoms with Crippen LogP contribution >= 0.6 is 0 Å². The Hall–Kier alpha value is -1.59. The van der Waals surface area contributed by atoms with E-state index < -0.39 is 0 Å². The Balaban J connectivity index is 1.52. The fourth-order valence-corrected chi connectivity index (χ4v) is 3.82. The number of nitrogens with zero attached hydrogens (tertiary/aromatic N) is 2. The number of carbonyl (C=O) groups is 1. The van der Waals surface area contributed by atoms with E-state index in [0.29, 0.717) is 5.91 Å². The molecule has 138 valence electrons. The summed E-state index contributed by atoms with van der Waals surface area (Å²) in [7, 11) is 1.69. The highest BCUT2D eigenvalue weighted by Gasteiger charge is 2.30. The lowest BCUT2D eigenvalue weighted by Crippen LogP contribution is -2.41. The van der Waals surface area contributed by atoms with Gasteiger partial charge >= 0.3 is 0 Å². The van der Waals surface area contributed by atoms with Gasteiger partial charge in [0.05, 0.1) is 13.2 Å². The number of hydrogen-bond donors (Lipinski definition) is 0. The molecule has 0 unspecified atom stereocenters. The summed E-state index contributed by atoms with van der Waals surface area (Å²) in [5.41, 5.74) is 1.29. The summed E-state index contributed by atoms with van der Waals surface area (Å²) in [6, 6.07) is 8.26. The highest BCUT2D eigenvalue weighted by molar-refractivity contribution is 5.79. The van der Waals surface area contributed by atoms with E-state index in [4.69, 9.17) is 9.47 Å². The van der Waals surface area contributed by atoms with Gasteiger partial charge in [-0.05, 0) is 43.9 Å². The molecule has 0 bridgehead atoms. The molecular weight excluding hydrogens is 316 g/mol. The summed E-state index contributed by atoms with van der Waals surface area (Å²) >= 11 is 0. The van der Waals surface area contributed by atoms with E-state index in [0.717, 1.165) is 64.3 Å². The quantitative estimate of drug-likeness (QED) is 0.840. The molecule has 5 nitrogen and oxygen atoms in total. The van der Waals surface area contributed by atoms with Crippen LogP contribution in [0.25, 0.3) is 0 Å². The molecule has 0 saturated carbocycles. The third-order valence-electron chi connectivity index (χ3n) is 5.30. The van der Waals surface area contributed by atoms with Gasteiger partial charge in [0.15, 0.2) is 0 Å². The van der Waals surface area contributed by atoms with E-state index in [1.807, 2.05) is 12.1 Å². The molecule has 25 heavy (non-hydrogen) atoms. The zero-order valence-electron chi connectivity index (χ0n) is 15.4. The molecule has 1 aromatic rings. The lowest BCUT2D eigenvalue weighted by atomic mass is 9.94. The molecule has 2 aliphatic heterocycles. The van der Waals surface area contributed by atoms with E-state index >= 15 is 0 Å². The van der Waals surface area contributed by atoms with E-state index in [1.54, 1.807) is 7.11 Å². The van der Waals surface area contributed by atoms with E-state index in [1.165, 1.54) is 5.56 Å². The minimum atomic E-state index is 0.150.